The first-order valence-corrected chi connectivity index (χ1v) is 11.9. The molecular weight excluding hydrogens is 440 g/mol. The smallest absolute Gasteiger partial charge is 0.339 e. The van der Waals surface area contributed by atoms with E-state index >= 15 is 0 Å². The van der Waals surface area contributed by atoms with Gasteiger partial charge in [0.1, 0.15) is 0 Å². The summed E-state index contributed by atoms with van der Waals surface area (Å²) in [6.07, 6.45) is -0.751. The Morgan fingerprint density at radius 3 is 2.45 bits per heavy atom. The molecule has 0 aromatic heterocycles. The van der Waals surface area contributed by atoms with Crippen LogP contribution in [0.5, 0.6) is 0 Å². The van der Waals surface area contributed by atoms with Crippen LogP contribution in [0.1, 0.15) is 32.6 Å². The highest BCUT2D eigenvalue weighted by atomic mass is 32.2. The molecule has 1 atom stereocenters. The van der Waals surface area contributed by atoms with Gasteiger partial charge in [-0.15, -0.1) is 0 Å². The maximum atomic E-state index is 13.0. The lowest BCUT2D eigenvalue weighted by Gasteiger charge is -2.24. The number of hydrogen-bond donors (Lipinski definition) is 2. The van der Waals surface area contributed by atoms with Crippen molar-refractivity contribution in [1.29, 1.82) is 0 Å². The predicted octanol–water partition coefficient (Wildman–Crippen LogP) is 4.13. The molecule has 0 bridgehead atoms. The lowest BCUT2D eigenvalue weighted by atomic mass is 9.98. The first-order valence-electron chi connectivity index (χ1n) is 10.4. The van der Waals surface area contributed by atoms with Gasteiger partial charge in [0.25, 0.3) is 15.9 Å². The van der Waals surface area contributed by atoms with E-state index in [9.17, 15) is 18.0 Å². The lowest BCUT2D eigenvalue weighted by molar-refractivity contribution is -0.125. The molecule has 0 aliphatic carbocycles. The normalized spacial score (nSPS) is 15.4. The summed E-state index contributed by atoms with van der Waals surface area (Å²) in [5.74, 6) is -1.07. The molecule has 1 aliphatic rings. The van der Waals surface area contributed by atoms with Crippen molar-refractivity contribution in [1.82, 2.24) is 0 Å². The van der Waals surface area contributed by atoms with E-state index in [1.54, 1.807) is 43.3 Å². The second-order valence-electron chi connectivity index (χ2n) is 8.15. The molecule has 0 saturated heterocycles. The van der Waals surface area contributed by atoms with Crippen molar-refractivity contribution in [3.8, 4) is 0 Å². The number of nitrogens with one attached hydrogen (secondary N) is 2. The number of aryl methyl sites for hydroxylation is 3. The summed E-state index contributed by atoms with van der Waals surface area (Å²) in [5.41, 5.74) is 4.51. The monoisotopic (exact) mass is 464 g/mol. The van der Waals surface area contributed by atoms with E-state index in [0.717, 1.165) is 16.7 Å². The fourth-order valence-electron chi connectivity index (χ4n) is 3.73. The number of amides is 1. The van der Waals surface area contributed by atoms with Gasteiger partial charge in [0.2, 0.25) is 0 Å². The van der Waals surface area contributed by atoms with Crippen LogP contribution in [0.25, 0.3) is 0 Å². The number of cyclic esters (lactones) is 1. The van der Waals surface area contributed by atoms with Crippen LogP contribution in [0.4, 0.5) is 11.4 Å². The second kappa shape index (κ2) is 8.71. The number of sulfonamides is 1. The maximum Gasteiger partial charge on any atom is 0.339 e. The van der Waals surface area contributed by atoms with Crippen molar-refractivity contribution in [3.63, 3.8) is 0 Å². The number of hydrogen-bond acceptors (Lipinski definition) is 5. The van der Waals surface area contributed by atoms with Crippen LogP contribution in [0.2, 0.25) is 0 Å². The van der Waals surface area contributed by atoms with E-state index in [4.69, 9.17) is 4.74 Å². The van der Waals surface area contributed by atoms with Crippen LogP contribution in [-0.2, 0) is 26.0 Å². The van der Waals surface area contributed by atoms with Crippen LogP contribution in [-0.4, -0.2) is 26.4 Å². The number of benzene rings is 3. The standard InChI is InChI=1S/C25H24N2O5S/c1-15-8-11-21(17(3)12-15)27-33(30,31)19-10-9-16(2)22(14-19)26-24(28)23-13-18-6-4-5-7-20(18)25(29)32-23/h4-12,14,23,27H,13H2,1-3H3,(H,26,28). The number of carbonyl (C=O) groups is 2. The molecular formula is C25H24N2O5S. The molecule has 33 heavy (non-hydrogen) atoms. The predicted molar refractivity (Wildman–Crippen MR) is 126 cm³/mol. The van der Waals surface area contributed by atoms with Crippen molar-refractivity contribution in [3.05, 3.63) is 88.5 Å². The minimum absolute atomic E-state index is 0.00867. The Morgan fingerprint density at radius 2 is 1.70 bits per heavy atom. The minimum Gasteiger partial charge on any atom is -0.448 e. The highest BCUT2D eigenvalue weighted by Crippen LogP contribution is 2.26. The summed E-state index contributed by atoms with van der Waals surface area (Å²) in [7, 11) is -3.88. The van der Waals surface area contributed by atoms with E-state index in [1.807, 2.05) is 26.0 Å². The van der Waals surface area contributed by atoms with Gasteiger partial charge in [0.05, 0.1) is 16.1 Å². The van der Waals surface area contributed by atoms with Gasteiger partial charge in [-0.3, -0.25) is 9.52 Å². The van der Waals surface area contributed by atoms with Gasteiger partial charge < -0.3 is 10.1 Å². The van der Waals surface area contributed by atoms with Gasteiger partial charge in [-0.2, -0.15) is 0 Å². The molecule has 1 unspecified atom stereocenters. The second-order valence-corrected chi connectivity index (χ2v) is 9.83. The minimum atomic E-state index is -3.88. The lowest BCUT2D eigenvalue weighted by Crippen LogP contribution is -2.38. The third-order valence-corrected chi connectivity index (χ3v) is 6.95. The fourth-order valence-corrected chi connectivity index (χ4v) is 4.88. The molecule has 0 fully saturated rings. The van der Waals surface area contributed by atoms with Crippen LogP contribution in [0.15, 0.2) is 65.6 Å². The van der Waals surface area contributed by atoms with Gasteiger partial charge in [-0.1, -0.05) is 42.0 Å². The van der Waals surface area contributed by atoms with Crippen molar-refractivity contribution in [2.24, 2.45) is 0 Å². The first kappa shape index (κ1) is 22.5. The van der Waals surface area contributed by atoms with E-state index in [0.29, 0.717) is 22.5 Å². The number of esters is 1. The maximum absolute atomic E-state index is 13.0. The summed E-state index contributed by atoms with van der Waals surface area (Å²) >= 11 is 0. The Balaban J connectivity index is 1.55. The Labute approximate surface area is 192 Å². The molecule has 4 rings (SSSR count). The number of ether oxygens (including phenoxy) is 1. The average molecular weight is 465 g/mol. The summed E-state index contributed by atoms with van der Waals surface area (Å²) < 4.78 is 33.9. The summed E-state index contributed by atoms with van der Waals surface area (Å²) in [6.45, 7) is 5.52. The highest BCUT2D eigenvalue weighted by Gasteiger charge is 2.31. The van der Waals surface area contributed by atoms with Crippen molar-refractivity contribution < 1.29 is 22.7 Å². The number of carbonyl (C=O) groups excluding carboxylic acids is 2. The zero-order valence-electron chi connectivity index (χ0n) is 18.5. The van der Waals surface area contributed by atoms with Crippen LogP contribution in [0, 0.1) is 20.8 Å². The van der Waals surface area contributed by atoms with E-state index in [-0.39, 0.29) is 11.3 Å². The summed E-state index contributed by atoms with van der Waals surface area (Å²) in [5, 5.41) is 2.72. The Kier molecular flexibility index (Phi) is 5.95. The van der Waals surface area contributed by atoms with E-state index < -0.39 is 28.0 Å². The molecule has 7 nitrogen and oxygen atoms in total. The first-order chi connectivity index (χ1) is 15.6. The molecule has 1 amide bonds. The quantitative estimate of drug-likeness (QED) is 0.553. The topological polar surface area (TPSA) is 102 Å². The van der Waals surface area contributed by atoms with Gasteiger partial charge >= 0.3 is 5.97 Å². The van der Waals surface area contributed by atoms with Crippen LogP contribution in [0.3, 0.4) is 0 Å². The van der Waals surface area contributed by atoms with Gasteiger partial charge in [-0.05, 0) is 61.7 Å². The molecule has 8 heteroatoms. The summed E-state index contributed by atoms with van der Waals surface area (Å²) in [6, 6.07) is 16.9. The molecule has 1 heterocycles. The van der Waals surface area contributed by atoms with Crippen LogP contribution >= 0.6 is 0 Å². The zero-order chi connectivity index (χ0) is 23.8. The third kappa shape index (κ3) is 4.75. The molecule has 0 radical (unpaired) electrons. The molecule has 1 aliphatic heterocycles. The fraction of sp³-hybridized carbons (Fsp3) is 0.200. The third-order valence-electron chi connectivity index (χ3n) is 5.59. The van der Waals surface area contributed by atoms with Crippen LogP contribution < -0.4 is 10.0 Å². The largest absolute Gasteiger partial charge is 0.448 e. The number of rotatable bonds is 5. The molecule has 0 saturated carbocycles. The molecule has 3 aromatic carbocycles. The Bertz CT molecular complexity index is 1360. The summed E-state index contributed by atoms with van der Waals surface area (Å²) in [4.78, 5) is 25.1. The zero-order valence-corrected chi connectivity index (χ0v) is 19.3. The van der Waals surface area contributed by atoms with Crippen molar-refractivity contribution in [2.75, 3.05) is 10.0 Å². The van der Waals surface area contributed by atoms with E-state index in [2.05, 4.69) is 10.0 Å². The highest BCUT2D eigenvalue weighted by molar-refractivity contribution is 7.92. The van der Waals surface area contributed by atoms with Gasteiger partial charge in [0, 0.05) is 12.1 Å². The molecule has 170 valence electrons. The number of anilines is 2. The number of fused-ring (bicyclic) bond motifs is 1. The van der Waals surface area contributed by atoms with Crippen molar-refractivity contribution in [2.45, 2.75) is 38.2 Å². The molecule has 2 N–H and O–H groups in total. The Morgan fingerprint density at radius 1 is 0.939 bits per heavy atom. The van der Waals surface area contributed by atoms with Gasteiger partial charge in [0.15, 0.2) is 6.10 Å². The Hall–Kier alpha value is -3.65. The SMILES string of the molecule is Cc1ccc(NS(=O)(=O)c2ccc(C)c(NC(=O)C3Cc4ccccc4C(=O)O3)c2)c(C)c1. The average Bonchev–Trinajstić information content (AvgIpc) is 2.77. The van der Waals surface area contributed by atoms with E-state index in [1.165, 1.54) is 12.1 Å². The van der Waals surface area contributed by atoms with Crippen molar-refractivity contribution >= 4 is 33.3 Å². The molecule has 3 aromatic rings. The molecule has 0 spiro atoms. The van der Waals surface area contributed by atoms with Gasteiger partial charge in [-0.25, -0.2) is 13.2 Å².